The van der Waals surface area contributed by atoms with Gasteiger partial charge in [0.25, 0.3) is 5.91 Å². The van der Waals surface area contributed by atoms with E-state index in [4.69, 9.17) is 4.74 Å². The molecule has 0 saturated heterocycles. The fourth-order valence-corrected chi connectivity index (χ4v) is 1.47. The normalized spacial score (nSPS) is 12.9. The molecule has 0 aliphatic heterocycles. The Morgan fingerprint density at radius 1 is 1.44 bits per heavy atom. The molecule has 0 heterocycles. The third kappa shape index (κ3) is 5.19. The van der Waals surface area contributed by atoms with Gasteiger partial charge in [-0.15, -0.1) is 0 Å². The monoisotopic (exact) mass is 251 g/mol. The van der Waals surface area contributed by atoms with E-state index in [0.29, 0.717) is 5.75 Å². The largest absolute Gasteiger partial charge is 0.484 e. The average Bonchev–Trinajstić information content (AvgIpc) is 2.24. The summed E-state index contributed by atoms with van der Waals surface area (Å²) in [5, 5.41) is 12.3. The molecule has 1 atom stereocenters. The minimum atomic E-state index is -0.544. The molecule has 1 amide bonds. The molecule has 1 aromatic carbocycles. The molecule has 0 aliphatic carbocycles. The molecule has 0 spiro atoms. The van der Waals surface area contributed by atoms with Crippen LogP contribution in [0, 0.1) is 0 Å². The summed E-state index contributed by atoms with van der Waals surface area (Å²) in [5.41, 5.74) is 0.505. The molecule has 4 heteroatoms. The van der Waals surface area contributed by atoms with E-state index in [1.54, 1.807) is 25.1 Å². The number of benzene rings is 1. The first-order valence-electron chi connectivity index (χ1n) is 6.00. The second-order valence-electron chi connectivity index (χ2n) is 5.34. The van der Waals surface area contributed by atoms with E-state index in [-0.39, 0.29) is 18.1 Å². The van der Waals surface area contributed by atoms with Gasteiger partial charge in [-0.25, -0.2) is 0 Å². The van der Waals surface area contributed by atoms with E-state index in [9.17, 15) is 9.90 Å². The zero-order valence-corrected chi connectivity index (χ0v) is 11.4. The van der Waals surface area contributed by atoms with Crippen LogP contribution >= 0.6 is 0 Å². The van der Waals surface area contributed by atoms with Crippen molar-refractivity contribution in [2.24, 2.45) is 0 Å². The summed E-state index contributed by atoms with van der Waals surface area (Å²) in [5.74, 6) is 0.419. The van der Waals surface area contributed by atoms with Gasteiger partial charge in [0, 0.05) is 5.54 Å². The van der Waals surface area contributed by atoms with Crippen LogP contribution in [0.25, 0.3) is 0 Å². The van der Waals surface area contributed by atoms with Gasteiger partial charge in [-0.05, 0) is 45.4 Å². The van der Waals surface area contributed by atoms with Crippen molar-refractivity contribution in [3.05, 3.63) is 29.8 Å². The molecule has 0 aromatic heterocycles. The van der Waals surface area contributed by atoms with E-state index in [0.717, 1.165) is 5.56 Å². The lowest BCUT2D eigenvalue weighted by molar-refractivity contribution is -0.124. The van der Waals surface area contributed by atoms with E-state index in [2.05, 4.69) is 5.32 Å². The molecule has 0 bridgehead atoms. The zero-order valence-electron chi connectivity index (χ0n) is 11.4. The minimum absolute atomic E-state index is 0.0272. The lowest BCUT2D eigenvalue weighted by Crippen LogP contribution is -2.43. The highest BCUT2D eigenvalue weighted by Crippen LogP contribution is 2.18. The Bertz CT molecular complexity index is 408. The standard InChI is InChI=1S/C14H21NO3/c1-10(16)11-6-5-7-12(8-11)18-9-13(17)15-14(2,3)4/h5-8,10,16H,9H2,1-4H3,(H,15,17). The Hall–Kier alpha value is -1.55. The van der Waals surface area contributed by atoms with E-state index in [1.165, 1.54) is 0 Å². The maximum Gasteiger partial charge on any atom is 0.258 e. The Labute approximate surface area is 108 Å². The number of nitrogens with one attached hydrogen (secondary N) is 1. The highest BCUT2D eigenvalue weighted by atomic mass is 16.5. The molecule has 1 rings (SSSR count). The topological polar surface area (TPSA) is 58.6 Å². The molecule has 1 unspecified atom stereocenters. The first-order chi connectivity index (χ1) is 8.28. The summed E-state index contributed by atoms with van der Waals surface area (Å²) >= 11 is 0. The third-order valence-corrected chi connectivity index (χ3v) is 2.22. The number of hydrogen-bond donors (Lipinski definition) is 2. The predicted octanol–water partition coefficient (Wildman–Crippen LogP) is 2.03. The van der Waals surface area contributed by atoms with Crippen molar-refractivity contribution in [1.29, 1.82) is 0 Å². The van der Waals surface area contributed by atoms with Crippen LogP contribution < -0.4 is 10.1 Å². The van der Waals surface area contributed by atoms with Crippen molar-refractivity contribution < 1.29 is 14.6 Å². The minimum Gasteiger partial charge on any atom is -0.484 e. The summed E-state index contributed by atoms with van der Waals surface area (Å²) in [6.07, 6.45) is -0.544. The fraction of sp³-hybridized carbons (Fsp3) is 0.500. The molecule has 0 fully saturated rings. The van der Waals surface area contributed by atoms with Crippen molar-refractivity contribution in [2.75, 3.05) is 6.61 Å². The van der Waals surface area contributed by atoms with E-state index < -0.39 is 6.10 Å². The molecule has 1 aromatic rings. The Kier molecular flexibility index (Phi) is 4.73. The quantitative estimate of drug-likeness (QED) is 0.861. The van der Waals surface area contributed by atoms with Crippen LogP contribution in [0.2, 0.25) is 0 Å². The van der Waals surface area contributed by atoms with E-state index >= 15 is 0 Å². The zero-order chi connectivity index (χ0) is 13.8. The molecule has 0 aliphatic rings. The van der Waals surface area contributed by atoms with Gasteiger partial charge < -0.3 is 15.2 Å². The molecule has 0 radical (unpaired) electrons. The molecular formula is C14H21NO3. The third-order valence-electron chi connectivity index (χ3n) is 2.22. The van der Waals surface area contributed by atoms with Gasteiger partial charge in [-0.2, -0.15) is 0 Å². The van der Waals surface area contributed by atoms with Crippen LogP contribution in [0.5, 0.6) is 5.75 Å². The average molecular weight is 251 g/mol. The van der Waals surface area contributed by atoms with Crippen molar-refractivity contribution >= 4 is 5.91 Å². The summed E-state index contributed by atoms with van der Waals surface area (Å²) in [4.78, 5) is 11.6. The van der Waals surface area contributed by atoms with Gasteiger partial charge in [0.1, 0.15) is 5.75 Å². The first-order valence-corrected chi connectivity index (χ1v) is 6.00. The van der Waals surface area contributed by atoms with E-state index in [1.807, 2.05) is 26.8 Å². The van der Waals surface area contributed by atoms with Crippen LogP contribution in [0.15, 0.2) is 24.3 Å². The maximum atomic E-state index is 11.6. The summed E-state index contributed by atoms with van der Waals surface area (Å²) < 4.78 is 5.38. The summed E-state index contributed by atoms with van der Waals surface area (Å²) in [6.45, 7) is 7.41. The van der Waals surface area contributed by atoms with Crippen LogP contribution in [-0.4, -0.2) is 23.2 Å². The number of aliphatic hydroxyl groups is 1. The van der Waals surface area contributed by atoms with Crippen LogP contribution in [0.1, 0.15) is 39.4 Å². The van der Waals surface area contributed by atoms with Crippen LogP contribution in [-0.2, 0) is 4.79 Å². The number of ether oxygens (including phenoxy) is 1. The van der Waals surface area contributed by atoms with Crippen molar-refractivity contribution in [3.8, 4) is 5.75 Å². The second kappa shape index (κ2) is 5.87. The Balaban J connectivity index is 2.53. The lowest BCUT2D eigenvalue weighted by Gasteiger charge is -2.20. The Morgan fingerprint density at radius 3 is 2.67 bits per heavy atom. The molecule has 0 saturated carbocycles. The highest BCUT2D eigenvalue weighted by Gasteiger charge is 2.14. The Morgan fingerprint density at radius 2 is 2.11 bits per heavy atom. The van der Waals surface area contributed by atoms with Gasteiger partial charge in [-0.1, -0.05) is 12.1 Å². The number of rotatable bonds is 4. The fourth-order valence-electron chi connectivity index (χ4n) is 1.47. The molecule has 4 nitrogen and oxygen atoms in total. The smallest absolute Gasteiger partial charge is 0.258 e. The highest BCUT2D eigenvalue weighted by molar-refractivity contribution is 5.78. The number of amides is 1. The van der Waals surface area contributed by atoms with Gasteiger partial charge >= 0.3 is 0 Å². The van der Waals surface area contributed by atoms with Gasteiger partial charge in [0.05, 0.1) is 6.10 Å². The summed E-state index contributed by atoms with van der Waals surface area (Å²) in [6, 6.07) is 7.09. The number of hydrogen-bond acceptors (Lipinski definition) is 3. The molecule has 2 N–H and O–H groups in total. The maximum absolute atomic E-state index is 11.6. The second-order valence-corrected chi connectivity index (χ2v) is 5.34. The van der Waals surface area contributed by atoms with Crippen molar-refractivity contribution in [1.82, 2.24) is 5.32 Å². The van der Waals surface area contributed by atoms with Gasteiger partial charge in [0.2, 0.25) is 0 Å². The van der Waals surface area contributed by atoms with Crippen LogP contribution in [0.4, 0.5) is 0 Å². The van der Waals surface area contributed by atoms with Gasteiger partial charge in [-0.3, -0.25) is 4.79 Å². The van der Waals surface area contributed by atoms with Crippen LogP contribution in [0.3, 0.4) is 0 Å². The number of carbonyl (C=O) groups excluding carboxylic acids is 1. The predicted molar refractivity (Wildman–Crippen MR) is 70.5 cm³/mol. The first kappa shape index (κ1) is 14.5. The van der Waals surface area contributed by atoms with Crippen molar-refractivity contribution in [3.63, 3.8) is 0 Å². The lowest BCUT2D eigenvalue weighted by atomic mass is 10.1. The molecule has 100 valence electrons. The number of carbonyl (C=O) groups is 1. The van der Waals surface area contributed by atoms with Gasteiger partial charge in [0.15, 0.2) is 6.61 Å². The van der Waals surface area contributed by atoms with Crippen molar-refractivity contribution in [2.45, 2.75) is 39.3 Å². The SMILES string of the molecule is CC(O)c1cccc(OCC(=O)NC(C)(C)C)c1. The number of aliphatic hydroxyl groups excluding tert-OH is 1. The molecular weight excluding hydrogens is 230 g/mol. The molecule has 18 heavy (non-hydrogen) atoms. The summed E-state index contributed by atoms with van der Waals surface area (Å²) in [7, 11) is 0.